The van der Waals surface area contributed by atoms with Gasteiger partial charge in [-0.15, -0.1) is 0 Å². The Bertz CT molecular complexity index is 1580. The van der Waals surface area contributed by atoms with Gasteiger partial charge in [-0.05, 0) is 24.3 Å². The number of hydrogen-bond donors (Lipinski definition) is 0. The van der Waals surface area contributed by atoms with Crippen LogP contribution < -0.4 is 14.4 Å². The summed E-state index contributed by atoms with van der Waals surface area (Å²) in [5, 5.41) is 0. The summed E-state index contributed by atoms with van der Waals surface area (Å²) in [6.07, 6.45) is 3.52. The Kier molecular flexibility index (Phi) is 5.77. The molecule has 40 heavy (non-hydrogen) atoms. The lowest BCUT2D eigenvalue weighted by Gasteiger charge is -2.38. The molecule has 3 aliphatic rings. The highest BCUT2D eigenvalue weighted by Gasteiger charge is 2.72. The van der Waals surface area contributed by atoms with Gasteiger partial charge in [0.05, 0.1) is 26.3 Å². The SMILES string of the molecule is COc1cccc(C2C(C(=O)C(C)(C)C)N3c4ccc(F)cc4C=CC3C23C(=O)c2ccccc2C3=O)c1OC. The molecule has 0 radical (unpaired) electrons. The molecule has 1 aliphatic carbocycles. The van der Waals surface area contributed by atoms with E-state index in [0.717, 1.165) is 0 Å². The third kappa shape index (κ3) is 3.30. The molecule has 0 bridgehead atoms. The summed E-state index contributed by atoms with van der Waals surface area (Å²) >= 11 is 0. The Morgan fingerprint density at radius 1 is 0.925 bits per heavy atom. The molecule has 3 aromatic rings. The molecular formula is C33H30FNO5. The second kappa shape index (κ2) is 8.88. The first-order valence-corrected chi connectivity index (χ1v) is 13.3. The molecule has 0 aromatic heterocycles. The van der Waals surface area contributed by atoms with Crippen LogP contribution in [0.1, 0.15) is 58.5 Å². The van der Waals surface area contributed by atoms with E-state index < -0.39 is 34.6 Å². The van der Waals surface area contributed by atoms with Crippen molar-refractivity contribution in [1.29, 1.82) is 0 Å². The standard InChI is InChI=1S/C33H30FNO5/c1-32(2,3)31(38)27-26(22-11-8-12-24(39-4)28(22)40-5)33(29(36)20-9-6-7-10-21(20)30(33)37)25-16-13-18-17-19(34)14-15-23(18)35(25)27/h6-17,25-27H,1-5H3. The number of ether oxygens (including phenoxy) is 2. The Hall–Kier alpha value is -4.26. The van der Waals surface area contributed by atoms with Crippen LogP contribution in [0, 0.1) is 16.6 Å². The molecule has 1 spiro atoms. The highest BCUT2D eigenvalue weighted by Crippen LogP contribution is 2.62. The third-order valence-corrected chi connectivity index (χ3v) is 8.54. The number of hydrogen-bond acceptors (Lipinski definition) is 6. The molecule has 0 amide bonds. The van der Waals surface area contributed by atoms with E-state index >= 15 is 0 Å². The van der Waals surface area contributed by atoms with E-state index in [9.17, 15) is 18.8 Å². The van der Waals surface area contributed by atoms with Crippen LogP contribution in [0.3, 0.4) is 0 Å². The minimum absolute atomic E-state index is 0.147. The molecule has 3 unspecified atom stereocenters. The van der Waals surface area contributed by atoms with E-state index in [1.54, 1.807) is 60.7 Å². The maximum Gasteiger partial charge on any atom is 0.180 e. The van der Waals surface area contributed by atoms with Crippen LogP contribution in [-0.4, -0.2) is 43.7 Å². The maximum absolute atomic E-state index is 14.7. The lowest BCUT2D eigenvalue weighted by molar-refractivity contribution is -0.127. The predicted molar refractivity (Wildman–Crippen MR) is 150 cm³/mol. The van der Waals surface area contributed by atoms with Gasteiger partial charge in [0.15, 0.2) is 28.8 Å². The number of benzene rings is 3. The van der Waals surface area contributed by atoms with Crippen molar-refractivity contribution in [3.63, 3.8) is 0 Å². The number of Topliss-reactive ketones (excluding diaryl/α,β-unsaturated/α-hetero) is 3. The second-order valence-electron chi connectivity index (χ2n) is 11.6. The maximum atomic E-state index is 14.7. The van der Waals surface area contributed by atoms with Crippen molar-refractivity contribution in [1.82, 2.24) is 0 Å². The Labute approximate surface area is 232 Å². The molecule has 0 saturated carbocycles. The molecule has 6 rings (SSSR count). The fourth-order valence-corrected chi connectivity index (χ4v) is 6.89. The minimum Gasteiger partial charge on any atom is -0.493 e. The number of fused-ring (bicyclic) bond motifs is 5. The zero-order valence-electron chi connectivity index (χ0n) is 23.0. The van der Waals surface area contributed by atoms with Gasteiger partial charge in [-0.1, -0.05) is 69.3 Å². The van der Waals surface area contributed by atoms with Crippen LogP contribution in [0.4, 0.5) is 10.1 Å². The predicted octanol–water partition coefficient (Wildman–Crippen LogP) is 5.89. The van der Waals surface area contributed by atoms with E-state index in [1.165, 1.54) is 26.4 Å². The van der Waals surface area contributed by atoms with Gasteiger partial charge in [0.2, 0.25) is 0 Å². The number of halogens is 1. The summed E-state index contributed by atoms with van der Waals surface area (Å²) in [5.74, 6) is -1.37. The molecule has 3 aromatic carbocycles. The number of carbonyl (C=O) groups is 3. The smallest absolute Gasteiger partial charge is 0.180 e. The third-order valence-electron chi connectivity index (χ3n) is 8.54. The van der Waals surface area contributed by atoms with E-state index in [1.807, 2.05) is 25.7 Å². The fourth-order valence-electron chi connectivity index (χ4n) is 6.89. The van der Waals surface area contributed by atoms with E-state index in [0.29, 0.717) is 39.4 Å². The van der Waals surface area contributed by atoms with Gasteiger partial charge in [-0.2, -0.15) is 0 Å². The molecule has 1 saturated heterocycles. The molecule has 204 valence electrons. The first-order chi connectivity index (χ1) is 19.1. The summed E-state index contributed by atoms with van der Waals surface area (Å²) in [7, 11) is 3.02. The lowest BCUT2D eigenvalue weighted by atomic mass is 9.63. The number of methoxy groups -OCH3 is 2. The van der Waals surface area contributed by atoms with Gasteiger partial charge in [0, 0.05) is 39.3 Å². The first kappa shape index (κ1) is 26.0. The topological polar surface area (TPSA) is 72.9 Å². The first-order valence-electron chi connectivity index (χ1n) is 13.3. The largest absolute Gasteiger partial charge is 0.493 e. The molecule has 7 heteroatoms. The van der Waals surface area contributed by atoms with Gasteiger partial charge in [0.25, 0.3) is 0 Å². The van der Waals surface area contributed by atoms with Crippen molar-refractivity contribution in [2.24, 2.45) is 10.8 Å². The lowest BCUT2D eigenvalue weighted by Crippen LogP contribution is -2.49. The Balaban J connectivity index is 1.74. The van der Waals surface area contributed by atoms with E-state index in [2.05, 4.69) is 0 Å². The molecule has 0 N–H and O–H groups in total. The summed E-state index contributed by atoms with van der Waals surface area (Å²) in [5.41, 5.74) is -0.126. The van der Waals surface area contributed by atoms with Crippen LogP contribution in [0.5, 0.6) is 11.5 Å². The van der Waals surface area contributed by atoms with Crippen molar-refractivity contribution < 1.29 is 28.2 Å². The molecule has 6 nitrogen and oxygen atoms in total. The van der Waals surface area contributed by atoms with E-state index in [4.69, 9.17) is 9.47 Å². The number of anilines is 1. The zero-order valence-corrected chi connectivity index (χ0v) is 23.0. The van der Waals surface area contributed by atoms with Crippen molar-refractivity contribution in [2.75, 3.05) is 19.1 Å². The summed E-state index contributed by atoms with van der Waals surface area (Å²) < 4.78 is 25.8. The molecular weight excluding hydrogens is 509 g/mol. The van der Waals surface area contributed by atoms with Gasteiger partial charge in [0.1, 0.15) is 11.2 Å². The monoisotopic (exact) mass is 539 g/mol. The fraction of sp³-hybridized carbons (Fsp3) is 0.303. The van der Waals surface area contributed by atoms with Gasteiger partial charge >= 0.3 is 0 Å². The summed E-state index contributed by atoms with van der Waals surface area (Å²) in [4.78, 5) is 45.8. The summed E-state index contributed by atoms with van der Waals surface area (Å²) in [6.45, 7) is 5.48. The van der Waals surface area contributed by atoms with Crippen LogP contribution in [0.2, 0.25) is 0 Å². The van der Waals surface area contributed by atoms with Crippen molar-refractivity contribution in [2.45, 2.75) is 38.8 Å². The number of ketones is 3. The second-order valence-corrected chi connectivity index (χ2v) is 11.6. The van der Waals surface area contributed by atoms with Crippen LogP contribution in [0.25, 0.3) is 6.08 Å². The van der Waals surface area contributed by atoms with Gasteiger partial charge in [-0.3, -0.25) is 14.4 Å². The normalized spacial score (nSPS) is 22.2. The number of rotatable bonds is 4. The quantitative estimate of drug-likeness (QED) is 0.385. The average molecular weight is 540 g/mol. The zero-order chi connectivity index (χ0) is 28.6. The molecule has 2 heterocycles. The molecule has 2 aliphatic heterocycles. The van der Waals surface area contributed by atoms with Crippen molar-refractivity contribution >= 4 is 29.1 Å². The van der Waals surface area contributed by atoms with Gasteiger partial charge in [-0.25, -0.2) is 4.39 Å². The minimum atomic E-state index is -1.67. The van der Waals surface area contributed by atoms with Crippen molar-refractivity contribution in [3.8, 4) is 11.5 Å². The highest BCUT2D eigenvalue weighted by molar-refractivity contribution is 6.32. The van der Waals surface area contributed by atoms with Crippen LogP contribution >= 0.6 is 0 Å². The van der Waals surface area contributed by atoms with E-state index in [-0.39, 0.29) is 17.3 Å². The Morgan fingerprint density at radius 2 is 1.60 bits per heavy atom. The summed E-state index contributed by atoms with van der Waals surface area (Å²) in [6, 6.07) is 14.8. The van der Waals surface area contributed by atoms with Crippen LogP contribution in [0.15, 0.2) is 66.7 Å². The number of carbonyl (C=O) groups excluding carboxylic acids is 3. The molecule has 3 atom stereocenters. The van der Waals surface area contributed by atoms with Crippen LogP contribution in [-0.2, 0) is 4.79 Å². The highest BCUT2D eigenvalue weighted by atomic mass is 19.1. The average Bonchev–Trinajstić information content (AvgIpc) is 3.37. The molecule has 1 fully saturated rings. The van der Waals surface area contributed by atoms with Gasteiger partial charge < -0.3 is 14.4 Å². The number of nitrogens with zero attached hydrogens (tertiary/aromatic N) is 1. The van der Waals surface area contributed by atoms with Crippen molar-refractivity contribution in [3.05, 3.63) is 94.8 Å². The Morgan fingerprint density at radius 3 is 2.20 bits per heavy atom. The number of para-hydroxylation sites is 1.